The first-order valence-electron chi connectivity index (χ1n) is 8.19. The third kappa shape index (κ3) is 5.33. The summed E-state index contributed by atoms with van der Waals surface area (Å²) in [5.41, 5.74) is 7.53. The van der Waals surface area contributed by atoms with Gasteiger partial charge in [0.1, 0.15) is 0 Å². The first-order valence-corrected chi connectivity index (χ1v) is 8.19. The summed E-state index contributed by atoms with van der Waals surface area (Å²) in [5.74, 6) is -0.394. The van der Waals surface area contributed by atoms with Crippen molar-refractivity contribution in [1.29, 1.82) is 0 Å². The number of hydrogen-bond acceptors (Lipinski definition) is 4. The van der Waals surface area contributed by atoms with E-state index in [-0.39, 0.29) is 11.8 Å². The molecule has 6 nitrogen and oxygen atoms in total. The zero-order valence-corrected chi connectivity index (χ0v) is 14.8. The summed E-state index contributed by atoms with van der Waals surface area (Å²) >= 11 is 0. The van der Waals surface area contributed by atoms with E-state index in [1.54, 1.807) is 18.2 Å². The van der Waals surface area contributed by atoms with Crippen LogP contribution in [0.2, 0.25) is 0 Å². The quantitative estimate of drug-likeness (QED) is 0.719. The van der Waals surface area contributed by atoms with Crippen LogP contribution < -0.4 is 10.9 Å². The smallest absolute Gasteiger partial charge is 0.265 e. The van der Waals surface area contributed by atoms with E-state index in [9.17, 15) is 9.59 Å². The van der Waals surface area contributed by atoms with Crippen LogP contribution in [0.25, 0.3) is 0 Å². The van der Waals surface area contributed by atoms with Crippen molar-refractivity contribution >= 4 is 11.8 Å². The third-order valence-electron chi connectivity index (χ3n) is 3.79. The molecule has 0 atom stereocenters. The minimum Gasteiger partial charge on any atom is -0.285 e. The van der Waals surface area contributed by atoms with Gasteiger partial charge in [-0.05, 0) is 24.6 Å². The standard InChI is InChI=1S/C17H28N4O2/c1-6-20(7-2)18-16(22)14-11-10-13(5)15(12-14)17(23)19-21(8-3)9-4/h10-12H,6-9H2,1-5H3,(H,18,22)(H,19,23). The molecule has 1 aromatic carbocycles. The van der Waals surface area contributed by atoms with Crippen molar-refractivity contribution < 1.29 is 9.59 Å². The van der Waals surface area contributed by atoms with Crippen LogP contribution in [-0.4, -0.2) is 48.0 Å². The molecule has 0 saturated heterocycles. The molecule has 128 valence electrons. The molecule has 0 aromatic heterocycles. The molecule has 0 fully saturated rings. The van der Waals surface area contributed by atoms with E-state index in [0.717, 1.165) is 31.7 Å². The second-order valence-corrected chi connectivity index (χ2v) is 5.26. The number of carbonyl (C=O) groups excluding carboxylic acids is 2. The highest BCUT2D eigenvalue weighted by molar-refractivity contribution is 6.00. The van der Waals surface area contributed by atoms with Gasteiger partial charge in [0.2, 0.25) is 0 Å². The van der Waals surface area contributed by atoms with Crippen LogP contribution >= 0.6 is 0 Å². The molecule has 0 radical (unpaired) electrons. The maximum atomic E-state index is 12.4. The van der Waals surface area contributed by atoms with E-state index in [4.69, 9.17) is 0 Å². The molecule has 6 heteroatoms. The third-order valence-corrected chi connectivity index (χ3v) is 3.79. The molecule has 2 N–H and O–H groups in total. The molecule has 0 aliphatic heterocycles. The van der Waals surface area contributed by atoms with Crippen LogP contribution in [0.15, 0.2) is 18.2 Å². The predicted octanol–water partition coefficient (Wildman–Crippen LogP) is 1.97. The largest absolute Gasteiger partial charge is 0.285 e. The predicted molar refractivity (Wildman–Crippen MR) is 92.0 cm³/mol. The van der Waals surface area contributed by atoms with Crippen molar-refractivity contribution in [2.45, 2.75) is 34.6 Å². The van der Waals surface area contributed by atoms with Crippen LogP contribution in [0.1, 0.15) is 54.0 Å². The van der Waals surface area contributed by atoms with Gasteiger partial charge in [0, 0.05) is 37.3 Å². The Morgan fingerprint density at radius 2 is 1.35 bits per heavy atom. The number of nitrogens with one attached hydrogen (secondary N) is 2. The number of rotatable bonds is 8. The molecule has 0 unspecified atom stereocenters. The van der Waals surface area contributed by atoms with E-state index >= 15 is 0 Å². The second kappa shape index (κ2) is 9.27. The summed E-state index contributed by atoms with van der Waals surface area (Å²) in [7, 11) is 0. The highest BCUT2D eigenvalue weighted by Crippen LogP contribution is 2.12. The number of nitrogens with zero attached hydrogens (tertiary/aromatic N) is 2. The fourth-order valence-corrected chi connectivity index (χ4v) is 2.18. The van der Waals surface area contributed by atoms with Gasteiger partial charge in [-0.3, -0.25) is 20.4 Å². The number of hydrogen-bond donors (Lipinski definition) is 2. The van der Waals surface area contributed by atoms with Crippen LogP contribution in [0, 0.1) is 6.92 Å². The lowest BCUT2D eigenvalue weighted by Gasteiger charge is -2.21. The lowest BCUT2D eigenvalue weighted by Crippen LogP contribution is -2.43. The van der Waals surface area contributed by atoms with E-state index < -0.39 is 0 Å². The number of carbonyl (C=O) groups is 2. The molecular weight excluding hydrogens is 292 g/mol. The lowest BCUT2D eigenvalue weighted by molar-refractivity contribution is 0.0804. The van der Waals surface area contributed by atoms with Gasteiger partial charge in [0.15, 0.2) is 0 Å². The molecule has 0 aliphatic carbocycles. The summed E-state index contributed by atoms with van der Waals surface area (Å²) in [5, 5.41) is 3.64. The zero-order chi connectivity index (χ0) is 17.4. The summed E-state index contributed by atoms with van der Waals surface area (Å²) in [6, 6.07) is 5.18. The minimum absolute atomic E-state index is 0.191. The van der Waals surface area contributed by atoms with Gasteiger partial charge in [-0.25, -0.2) is 10.0 Å². The van der Waals surface area contributed by atoms with Crippen LogP contribution in [0.3, 0.4) is 0 Å². The molecule has 0 aliphatic rings. The normalized spacial score (nSPS) is 10.9. The average molecular weight is 320 g/mol. The van der Waals surface area contributed by atoms with Crippen LogP contribution in [-0.2, 0) is 0 Å². The van der Waals surface area contributed by atoms with Crippen LogP contribution in [0.4, 0.5) is 0 Å². The maximum absolute atomic E-state index is 12.4. The second-order valence-electron chi connectivity index (χ2n) is 5.26. The number of aryl methyl sites for hydroxylation is 1. The summed E-state index contributed by atoms with van der Waals surface area (Å²) in [4.78, 5) is 24.7. The van der Waals surface area contributed by atoms with Crippen molar-refractivity contribution in [1.82, 2.24) is 20.9 Å². The Morgan fingerprint density at radius 1 is 0.870 bits per heavy atom. The maximum Gasteiger partial charge on any atom is 0.265 e. The van der Waals surface area contributed by atoms with Gasteiger partial charge in [-0.1, -0.05) is 33.8 Å². The number of amides is 2. The molecule has 2 amide bonds. The van der Waals surface area contributed by atoms with E-state index in [2.05, 4.69) is 10.9 Å². The number of benzene rings is 1. The van der Waals surface area contributed by atoms with Crippen molar-refractivity contribution in [3.8, 4) is 0 Å². The fraction of sp³-hybridized carbons (Fsp3) is 0.529. The summed E-state index contributed by atoms with van der Waals surface area (Å²) < 4.78 is 0. The van der Waals surface area contributed by atoms with Crippen molar-refractivity contribution in [3.63, 3.8) is 0 Å². The van der Waals surface area contributed by atoms with Crippen LogP contribution in [0.5, 0.6) is 0 Å². The molecule has 1 aromatic rings. The van der Waals surface area contributed by atoms with Gasteiger partial charge in [-0.2, -0.15) is 0 Å². The van der Waals surface area contributed by atoms with Gasteiger partial charge >= 0.3 is 0 Å². The summed E-state index contributed by atoms with van der Waals surface area (Å²) in [6.45, 7) is 12.7. The Bertz CT molecular complexity index is 537. The van der Waals surface area contributed by atoms with Gasteiger partial charge < -0.3 is 0 Å². The van der Waals surface area contributed by atoms with Gasteiger partial charge in [0.25, 0.3) is 11.8 Å². The van der Waals surface area contributed by atoms with E-state index in [1.807, 2.05) is 44.6 Å². The summed E-state index contributed by atoms with van der Waals surface area (Å²) in [6.07, 6.45) is 0. The molecule has 23 heavy (non-hydrogen) atoms. The van der Waals surface area contributed by atoms with E-state index in [1.165, 1.54) is 0 Å². The van der Waals surface area contributed by atoms with Crippen molar-refractivity contribution in [2.75, 3.05) is 26.2 Å². The Morgan fingerprint density at radius 3 is 1.83 bits per heavy atom. The first kappa shape index (κ1) is 19.1. The molecule has 0 heterocycles. The lowest BCUT2D eigenvalue weighted by atomic mass is 10.0. The Kier molecular flexibility index (Phi) is 7.71. The average Bonchev–Trinajstić information content (AvgIpc) is 2.57. The van der Waals surface area contributed by atoms with Gasteiger partial charge in [-0.15, -0.1) is 0 Å². The van der Waals surface area contributed by atoms with Gasteiger partial charge in [0.05, 0.1) is 0 Å². The highest BCUT2D eigenvalue weighted by atomic mass is 16.2. The first-order chi connectivity index (χ1) is 11.0. The van der Waals surface area contributed by atoms with Crippen molar-refractivity contribution in [2.24, 2.45) is 0 Å². The molecule has 1 rings (SSSR count). The molecular formula is C17H28N4O2. The fourth-order valence-electron chi connectivity index (χ4n) is 2.18. The Labute approximate surface area is 138 Å². The highest BCUT2D eigenvalue weighted by Gasteiger charge is 2.15. The molecule has 0 saturated carbocycles. The Balaban J connectivity index is 2.94. The SMILES string of the molecule is CCN(CC)NC(=O)c1ccc(C)c(C(=O)NN(CC)CC)c1. The topological polar surface area (TPSA) is 64.7 Å². The Hall–Kier alpha value is -1.92. The molecule has 0 spiro atoms. The molecule has 0 bridgehead atoms. The zero-order valence-electron chi connectivity index (χ0n) is 14.8. The van der Waals surface area contributed by atoms with Crippen molar-refractivity contribution in [3.05, 3.63) is 34.9 Å². The van der Waals surface area contributed by atoms with E-state index in [0.29, 0.717) is 11.1 Å². The number of hydrazine groups is 2. The monoisotopic (exact) mass is 320 g/mol. The minimum atomic E-state index is -0.203.